The van der Waals surface area contributed by atoms with Crippen molar-refractivity contribution in [1.82, 2.24) is 19.7 Å². The zero-order valence-corrected chi connectivity index (χ0v) is 12.7. The molecule has 0 bridgehead atoms. The fraction of sp³-hybridized carbons (Fsp3) is 0.353. The minimum atomic E-state index is 0.868. The van der Waals surface area contributed by atoms with Gasteiger partial charge in [0.1, 0.15) is 0 Å². The Bertz CT molecular complexity index is 723. The summed E-state index contributed by atoms with van der Waals surface area (Å²) in [4.78, 5) is 0. The molecule has 1 N–H and O–H groups in total. The third kappa shape index (κ3) is 2.85. The van der Waals surface area contributed by atoms with Gasteiger partial charge in [0.15, 0.2) is 0 Å². The van der Waals surface area contributed by atoms with Crippen LogP contribution in [0.3, 0.4) is 0 Å². The van der Waals surface area contributed by atoms with Gasteiger partial charge in [0, 0.05) is 31.0 Å². The number of hydrogen-bond acceptors (Lipinski definition) is 2. The molecule has 3 aromatic rings. The van der Waals surface area contributed by atoms with Gasteiger partial charge in [0.2, 0.25) is 0 Å². The van der Waals surface area contributed by atoms with E-state index in [0.717, 1.165) is 26.2 Å². The van der Waals surface area contributed by atoms with E-state index in [1.54, 1.807) is 0 Å². The summed E-state index contributed by atoms with van der Waals surface area (Å²) in [5.41, 5.74) is 3.91. The number of nitrogens with zero attached hydrogens (tertiary/aromatic N) is 3. The second-order valence-corrected chi connectivity index (χ2v) is 5.28. The quantitative estimate of drug-likeness (QED) is 0.754. The molecule has 21 heavy (non-hydrogen) atoms. The van der Waals surface area contributed by atoms with E-state index in [1.165, 1.54) is 22.0 Å². The topological polar surface area (TPSA) is 34.8 Å². The van der Waals surface area contributed by atoms with Crippen molar-refractivity contribution in [2.45, 2.75) is 33.5 Å². The minimum Gasteiger partial charge on any atom is -0.343 e. The molecule has 4 heteroatoms. The van der Waals surface area contributed by atoms with Gasteiger partial charge in [-0.3, -0.25) is 4.68 Å². The van der Waals surface area contributed by atoms with Gasteiger partial charge < -0.3 is 9.88 Å². The van der Waals surface area contributed by atoms with Crippen molar-refractivity contribution in [2.24, 2.45) is 0 Å². The molecule has 0 saturated heterocycles. The zero-order chi connectivity index (χ0) is 14.7. The van der Waals surface area contributed by atoms with Crippen LogP contribution in [0, 0.1) is 0 Å². The lowest BCUT2D eigenvalue weighted by molar-refractivity contribution is 0.658. The number of aryl methyl sites for hydroxylation is 1. The molecule has 0 amide bonds. The Labute approximate surface area is 125 Å². The van der Waals surface area contributed by atoms with Crippen molar-refractivity contribution in [3.63, 3.8) is 0 Å². The second kappa shape index (κ2) is 6.14. The fourth-order valence-corrected chi connectivity index (χ4v) is 2.73. The maximum absolute atomic E-state index is 4.36. The van der Waals surface area contributed by atoms with E-state index < -0.39 is 0 Å². The third-order valence-corrected chi connectivity index (χ3v) is 3.80. The van der Waals surface area contributed by atoms with Gasteiger partial charge in [-0.15, -0.1) is 0 Å². The predicted molar refractivity (Wildman–Crippen MR) is 86.3 cm³/mol. The van der Waals surface area contributed by atoms with Crippen LogP contribution in [0.4, 0.5) is 0 Å². The first-order chi connectivity index (χ1) is 10.3. The molecule has 0 aliphatic rings. The predicted octanol–water partition coefficient (Wildman–Crippen LogP) is 3.02. The summed E-state index contributed by atoms with van der Waals surface area (Å²) in [6.45, 7) is 7.92. The number of fused-ring (bicyclic) bond motifs is 1. The molecule has 0 fully saturated rings. The second-order valence-electron chi connectivity index (χ2n) is 5.28. The molecule has 0 saturated carbocycles. The van der Waals surface area contributed by atoms with E-state index in [4.69, 9.17) is 0 Å². The molecule has 2 heterocycles. The lowest BCUT2D eigenvalue weighted by atomic mass is 10.1. The molecule has 1 aromatic carbocycles. The molecule has 4 nitrogen and oxygen atoms in total. The van der Waals surface area contributed by atoms with Crippen LogP contribution in [0.2, 0.25) is 0 Å². The third-order valence-electron chi connectivity index (χ3n) is 3.80. The molecule has 0 radical (unpaired) electrons. The average molecular weight is 282 g/mol. The largest absolute Gasteiger partial charge is 0.343 e. The van der Waals surface area contributed by atoms with E-state index in [2.05, 4.69) is 65.5 Å². The number of aromatic nitrogens is 3. The molecule has 2 aromatic heterocycles. The van der Waals surface area contributed by atoms with Gasteiger partial charge in [0.25, 0.3) is 0 Å². The fourth-order valence-electron chi connectivity index (χ4n) is 2.73. The van der Waals surface area contributed by atoms with Gasteiger partial charge in [-0.05, 0) is 30.5 Å². The molecule has 0 spiro atoms. The van der Waals surface area contributed by atoms with Crippen molar-refractivity contribution in [3.8, 4) is 0 Å². The number of nitrogens with one attached hydrogen (secondary N) is 1. The smallest absolute Gasteiger partial charge is 0.0539 e. The van der Waals surface area contributed by atoms with Crippen LogP contribution in [0.5, 0.6) is 0 Å². The molecule has 0 aliphatic heterocycles. The number of para-hydroxylation sites is 1. The first-order valence-corrected chi connectivity index (χ1v) is 7.60. The summed E-state index contributed by atoms with van der Waals surface area (Å²) in [6.07, 6.45) is 6.25. The Morgan fingerprint density at radius 3 is 2.86 bits per heavy atom. The van der Waals surface area contributed by atoms with Crippen LogP contribution in [0.25, 0.3) is 10.9 Å². The maximum atomic E-state index is 4.36. The van der Waals surface area contributed by atoms with Crippen molar-refractivity contribution >= 4 is 10.9 Å². The number of hydrogen-bond donors (Lipinski definition) is 1. The zero-order valence-electron chi connectivity index (χ0n) is 12.7. The highest BCUT2D eigenvalue weighted by molar-refractivity contribution is 5.83. The number of rotatable bonds is 6. The van der Waals surface area contributed by atoms with Crippen LogP contribution in [-0.2, 0) is 19.6 Å². The summed E-state index contributed by atoms with van der Waals surface area (Å²) in [7, 11) is 0. The van der Waals surface area contributed by atoms with Gasteiger partial charge >= 0.3 is 0 Å². The summed E-state index contributed by atoms with van der Waals surface area (Å²) in [5.74, 6) is 0. The molecule has 3 rings (SSSR count). The Morgan fingerprint density at radius 1 is 1.19 bits per heavy atom. The van der Waals surface area contributed by atoms with E-state index in [-0.39, 0.29) is 0 Å². The van der Waals surface area contributed by atoms with Crippen LogP contribution in [-0.4, -0.2) is 20.9 Å². The highest BCUT2D eigenvalue weighted by Crippen LogP contribution is 2.21. The van der Waals surface area contributed by atoms with Crippen LogP contribution in [0.15, 0.2) is 42.9 Å². The van der Waals surface area contributed by atoms with Crippen LogP contribution in [0.1, 0.15) is 25.0 Å². The highest BCUT2D eigenvalue weighted by atomic mass is 15.3. The standard InChI is InChI=1S/C17H22N4/c1-3-18-11-16-7-5-6-15-8-9-20(17(15)16)12-14-10-19-21(4-2)13-14/h5-10,13,18H,3-4,11-12H2,1-2H3. The molecule has 0 unspecified atom stereocenters. The normalized spacial score (nSPS) is 11.3. The maximum Gasteiger partial charge on any atom is 0.0539 e. The van der Waals surface area contributed by atoms with Crippen molar-refractivity contribution in [1.29, 1.82) is 0 Å². The first-order valence-electron chi connectivity index (χ1n) is 7.60. The summed E-state index contributed by atoms with van der Waals surface area (Å²) >= 11 is 0. The van der Waals surface area contributed by atoms with E-state index >= 15 is 0 Å². The Kier molecular flexibility index (Phi) is 4.06. The molecular weight excluding hydrogens is 260 g/mol. The Morgan fingerprint density at radius 2 is 2.10 bits per heavy atom. The van der Waals surface area contributed by atoms with Gasteiger partial charge in [-0.2, -0.15) is 5.10 Å². The monoisotopic (exact) mass is 282 g/mol. The van der Waals surface area contributed by atoms with Gasteiger partial charge in [-0.25, -0.2) is 0 Å². The van der Waals surface area contributed by atoms with Gasteiger partial charge in [0.05, 0.1) is 18.3 Å². The van der Waals surface area contributed by atoms with Crippen molar-refractivity contribution < 1.29 is 0 Å². The SMILES string of the molecule is CCNCc1cccc2ccn(Cc3cnn(CC)c3)c12. The summed E-state index contributed by atoms with van der Waals surface area (Å²) < 4.78 is 4.29. The summed E-state index contributed by atoms with van der Waals surface area (Å²) in [6, 6.07) is 8.71. The first kappa shape index (κ1) is 13.9. The molecule has 0 atom stereocenters. The molecule has 110 valence electrons. The lowest BCUT2D eigenvalue weighted by Crippen LogP contribution is -2.13. The van der Waals surface area contributed by atoms with Crippen molar-refractivity contribution in [2.75, 3.05) is 6.54 Å². The molecule has 0 aliphatic carbocycles. The van der Waals surface area contributed by atoms with Crippen molar-refractivity contribution in [3.05, 3.63) is 54.0 Å². The number of benzene rings is 1. The summed E-state index contributed by atoms with van der Waals surface area (Å²) in [5, 5.41) is 9.08. The Hall–Kier alpha value is -2.07. The molecular formula is C17H22N4. The van der Waals surface area contributed by atoms with E-state index in [9.17, 15) is 0 Å². The van der Waals surface area contributed by atoms with Crippen LogP contribution >= 0.6 is 0 Å². The highest BCUT2D eigenvalue weighted by Gasteiger charge is 2.07. The lowest BCUT2D eigenvalue weighted by Gasteiger charge is -2.09. The van der Waals surface area contributed by atoms with Gasteiger partial charge in [-0.1, -0.05) is 25.1 Å². The van der Waals surface area contributed by atoms with E-state index in [0.29, 0.717) is 0 Å². The Balaban J connectivity index is 1.94. The average Bonchev–Trinajstić information content (AvgIpc) is 3.13. The minimum absolute atomic E-state index is 0.868. The van der Waals surface area contributed by atoms with Crippen LogP contribution < -0.4 is 5.32 Å². The van der Waals surface area contributed by atoms with E-state index in [1.807, 2.05) is 10.9 Å².